The lowest BCUT2D eigenvalue weighted by Crippen LogP contribution is -2.11. The first-order chi connectivity index (χ1) is 8.17. The number of carbonyl (C=O) groups is 1. The van der Waals surface area contributed by atoms with Crippen LogP contribution in [0.3, 0.4) is 0 Å². The second-order valence-electron chi connectivity index (χ2n) is 3.99. The van der Waals surface area contributed by atoms with Gasteiger partial charge >= 0.3 is 0 Å². The molecule has 1 amide bonds. The first-order valence-corrected chi connectivity index (χ1v) is 5.87. The minimum Gasteiger partial charge on any atom is -0.398 e. The fraction of sp³-hybridized carbons (Fsp3) is 0.385. The van der Waals surface area contributed by atoms with Crippen molar-refractivity contribution in [1.29, 1.82) is 5.41 Å². The first kappa shape index (κ1) is 13.2. The molecule has 4 N–H and O–H groups in total. The molecule has 0 aliphatic heterocycles. The minimum atomic E-state index is 0.0131. The van der Waals surface area contributed by atoms with Crippen molar-refractivity contribution in [3.63, 3.8) is 0 Å². The third-order valence-electron chi connectivity index (χ3n) is 2.53. The van der Waals surface area contributed by atoms with Crippen LogP contribution in [0, 0.1) is 5.41 Å². The Hall–Kier alpha value is -1.84. The van der Waals surface area contributed by atoms with Gasteiger partial charge in [0.15, 0.2) is 0 Å². The number of nitrogens with one attached hydrogen (secondary N) is 2. The van der Waals surface area contributed by atoms with Gasteiger partial charge in [-0.2, -0.15) is 0 Å². The summed E-state index contributed by atoms with van der Waals surface area (Å²) >= 11 is 0. The number of rotatable bonds is 6. The zero-order valence-electron chi connectivity index (χ0n) is 10.1. The van der Waals surface area contributed by atoms with Crippen LogP contribution in [0.25, 0.3) is 0 Å². The van der Waals surface area contributed by atoms with Crippen LogP contribution in [0.2, 0.25) is 0 Å². The fourth-order valence-corrected chi connectivity index (χ4v) is 1.54. The lowest BCUT2D eigenvalue weighted by atomic mass is 10.1. The summed E-state index contributed by atoms with van der Waals surface area (Å²) in [5.74, 6) is 0.0131. The number of benzene rings is 1. The van der Waals surface area contributed by atoms with E-state index in [1.165, 1.54) is 6.21 Å². The van der Waals surface area contributed by atoms with E-state index in [2.05, 4.69) is 12.2 Å². The highest BCUT2D eigenvalue weighted by Gasteiger charge is 2.03. The number of hydrogen-bond donors (Lipinski definition) is 3. The Morgan fingerprint density at radius 3 is 2.88 bits per heavy atom. The van der Waals surface area contributed by atoms with Gasteiger partial charge in [0.05, 0.1) is 0 Å². The van der Waals surface area contributed by atoms with Crippen LogP contribution in [-0.4, -0.2) is 12.1 Å². The lowest BCUT2D eigenvalue weighted by Gasteiger charge is -2.07. The van der Waals surface area contributed by atoms with Gasteiger partial charge in [-0.3, -0.25) is 4.79 Å². The molecule has 0 bridgehead atoms. The quantitative estimate of drug-likeness (QED) is 0.401. The van der Waals surface area contributed by atoms with Crippen molar-refractivity contribution >= 4 is 23.5 Å². The Bertz CT molecular complexity index is 402. The summed E-state index contributed by atoms with van der Waals surface area (Å²) in [7, 11) is 0. The highest BCUT2D eigenvalue weighted by atomic mass is 16.1. The van der Waals surface area contributed by atoms with E-state index in [4.69, 9.17) is 11.1 Å². The third-order valence-corrected chi connectivity index (χ3v) is 2.53. The van der Waals surface area contributed by atoms with Gasteiger partial charge in [0, 0.05) is 29.6 Å². The van der Waals surface area contributed by atoms with Crippen LogP contribution in [0.1, 0.15) is 38.2 Å². The molecule has 0 saturated heterocycles. The van der Waals surface area contributed by atoms with E-state index >= 15 is 0 Å². The highest BCUT2D eigenvalue weighted by molar-refractivity contribution is 5.93. The number of amides is 1. The van der Waals surface area contributed by atoms with Crippen LogP contribution in [0.5, 0.6) is 0 Å². The second kappa shape index (κ2) is 6.68. The molecule has 1 aromatic carbocycles. The summed E-state index contributed by atoms with van der Waals surface area (Å²) < 4.78 is 0. The van der Waals surface area contributed by atoms with Crippen molar-refractivity contribution in [2.45, 2.75) is 32.6 Å². The number of hydrogen-bond acceptors (Lipinski definition) is 3. The van der Waals surface area contributed by atoms with Crippen LogP contribution >= 0.6 is 0 Å². The Labute approximate surface area is 102 Å². The standard InChI is InChI=1S/C13H19N3O/c1-2-3-4-5-13(17)16-11-6-7-12(15)10(8-11)9-14/h6-9,14H,2-5,15H2,1H3,(H,16,17). The molecule has 0 unspecified atom stereocenters. The van der Waals surface area contributed by atoms with Gasteiger partial charge in [-0.1, -0.05) is 19.8 Å². The molecule has 0 aliphatic carbocycles. The molecular formula is C13H19N3O. The summed E-state index contributed by atoms with van der Waals surface area (Å²) in [6, 6.07) is 5.15. The molecule has 0 radical (unpaired) electrons. The van der Waals surface area contributed by atoms with E-state index in [1.54, 1.807) is 18.2 Å². The molecule has 92 valence electrons. The monoisotopic (exact) mass is 233 g/mol. The Morgan fingerprint density at radius 1 is 1.47 bits per heavy atom. The summed E-state index contributed by atoms with van der Waals surface area (Å²) in [5, 5.41) is 9.99. The van der Waals surface area contributed by atoms with Crippen molar-refractivity contribution in [3.8, 4) is 0 Å². The van der Waals surface area contributed by atoms with Crippen molar-refractivity contribution in [1.82, 2.24) is 0 Å². The van der Waals surface area contributed by atoms with Gasteiger partial charge in [0.2, 0.25) is 5.91 Å². The topological polar surface area (TPSA) is 79.0 Å². The summed E-state index contributed by atoms with van der Waals surface area (Å²) in [5.41, 5.74) is 7.53. The first-order valence-electron chi connectivity index (χ1n) is 5.87. The predicted molar refractivity (Wildman–Crippen MR) is 71.5 cm³/mol. The molecule has 0 heterocycles. The molecule has 0 saturated carbocycles. The Kier molecular flexibility index (Phi) is 5.20. The number of nitrogen functional groups attached to an aromatic ring is 1. The van der Waals surface area contributed by atoms with Crippen LogP contribution in [0.4, 0.5) is 11.4 Å². The average molecular weight is 233 g/mol. The van der Waals surface area contributed by atoms with Gasteiger partial charge in [0.25, 0.3) is 0 Å². The van der Waals surface area contributed by atoms with Crippen LogP contribution < -0.4 is 11.1 Å². The predicted octanol–water partition coefficient (Wildman–Crippen LogP) is 2.79. The van der Waals surface area contributed by atoms with Crippen molar-refractivity contribution in [2.75, 3.05) is 11.1 Å². The zero-order chi connectivity index (χ0) is 12.7. The molecule has 17 heavy (non-hydrogen) atoms. The summed E-state index contributed by atoms with van der Waals surface area (Å²) in [4.78, 5) is 11.6. The van der Waals surface area contributed by atoms with Gasteiger partial charge < -0.3 is 16.5 Å². The third kappa shape index (κ3) is 4.26. The van der Waals surface area contributed by atoms with Crippen molar-refractivity contribution in [2.24, 2.45) is 0 Å². The van der Waals surface area contributed by atoms with Gasteiger partial charge in [0.1, 0.15) is 0 Å². The molecular weight excluding hydrogens is 214 g/mol. The lowest BCUT2D eigenvalue weighted by molar-refractivity contribution is -0.116. The Balaban J connectivity index is 2.56. The number of carbonyl (C=O) groups excluding carboxylic acids is 1. The maximum absolute atomic E-state index is 11.6. The van der Waals surface area contributed by atoms with E-state index in [0.29, 0.717) is 23.4 Å². The molecule has 0 fully saturated rings. The van der Waals surface area contributed by atoms with Gasteiger partial charge in [-0.15, -0.1) is 0 Å². The molecule has 4 heteroatoms. The van der Waals surface area contributed by atoms with E-state index < -0.39 is 0 Å². The van der Waals surface area contributed by atoms with Crippen LogP contribution in [0.15, 0.2) is 18.2 Å². The smallest absolute Gasteiger partial charge is 0.224 e. The summed E-state index contributed by atoms with van der Waals surface area (Å²) in [6.45, 7) is 2.11. The van der Waals surface area contributed by atoms with Crippen LogP contribution in [-0.2, 0) is 4.79 Å². The average Bonchev–Trinajstić information content (AvgIpc) is 2.32. The zero-order valence-corrected chi connectivity index (χ0v) is 10.1. The molecule has 1 aromatic rings. The summed E-state index contributed by atoms with van der Waals surface area (Å²) in [6.07, 6.45) is 4.81. The van der Waals surface area contributed by atoms with E-state index in [1.807, 2.05) is 0 Å². The van der Waals surface area contributed by atoms with Gasteiger partial charge in [-0.25, -0.2) is 0 Å². The van der Waals surface area contributed by atoms with E-state index in [9.17, 15) is 4.79 Å². The number of unbranched alkanes of at least 4 members (excludes halogenated alkanes) is 2. The number of nitrogens with two attached hydrogens (primary N) is 1. The molecule has 1 rings (SSSR count). The van der Waals surface area contributed by atoms with Gasteiger partial charge in [-0.05, 0) is 24.6 Å². The van der Waals surface area contributed by atoms with E-state index in [-0.39, 0.29) is 5.91 Å². The highest BCUT2D eigenvalue weighted by Crippen LogP contribution is 2.16. The largest absolute Gasteiger partial charge is 0.398 e. The molecule has 0 aromatic heterocycles. The molecule has 4 nitrogen and oxygen atoms in total. The Morgan fingerprint density at radius 2 is 2.24 bits per heavy atom. The van der Waals surface area contributed by atoms with Crippen molar-refractivity contribution < 1.29 is 4.79 Å². The normalized spacial score (nSPS) is 9.94. The molecule has 0 atom stereocenters. The number of anilines is 2. The molecule has 0 aliphatic rings. The SMILES string of the molecule is CCCCCC(=O)Nc1ccc(N)c(C=N)c1. The minimum absolute atomic E-state index is 0.0131. The fourth-order valence-electron chi connectivity index (χ4n) is 1.54. The molecule has 0 spiro atoms. The maximum atomic E-state index is 11.6. The van der Waals surface area contributed by atoms with E-state index in [0.717, 1.165) is 19.3 Å². The van der Waals surface area contributed by atoms with Crippen molar-refractivity contribution in [3.05, 3.63) is 23.8 Å². The maximum Gasteiger partial charge on any atom is 0.224 e. The second-order valence-corrected chi connectivity index (χ2v) is 3.99.